The van der Waals surface area contributed by atoms with Crippen LogP contribution < -0.4 is 5.32 Å². The van der Waals surface area contributed by atoms with E-state index in [0.717, 1.165) is 21.8 Å². The fourth-order valence-electron chi connectivity index (χ4n) is 3.95. The standard InChI is InChI=1S/C21H23N5OS2/c1-29(27)19-10-9-17-20(25-19)26(13-22-17)12-14-7-8-16-18(11-14)28-21(24-16)23-15-5-3-2-4-6-15/h7-11,13,15H,2-6,12H2,1H3,(H,23,24). The molecule has 0 amide bonds. The Labute approximate surface area is 176 Å². The smallest absolute Gasteiger partial charge is 0.246 e. The van der Waals surface area contributed by atoms with E-state index in [0.29, 0.717) is 17.6 Å². The molecule has 3 aromatic heterocycles. The topological polar surface area (TPSA) is 78.7 Å². The fraction of sp³-hybridized carbons (Fsp3) is 0.381. The second kappa shape index (κ2) is 7.93. The van der Waals surface area contributed by atoms with E-state index in [1.807, 2.05) is 10.6 Å². The first-order valence-corrected chi connectivity index (χ1v) is 12.3. The van der Waals surface area contributed by atoms with Crippen LogP contribution in [0.1, 0.15) is 37.7 Å². The van der Waals surface area contributed by atoms with Gasteiger partial charge in [-0.25, -0.2) is 9.97 Å². The Morgan fingerprint density at radius 3 is 2.79 bits per heavy atom. The van der Waals surface area contributed by atoms with Crippen molar-refractivity contribution >= 4 is 49.0 Å². The lowest BCUT2D eigenvalue weighted by molar-refractivity contribution is 0.462. The van der Waals surface area contributed by atoms with Gasteiger partial charge in [0.2, 0.25) is 5.03 Å². The molecule has 1 aromatic carbocycles. The normalized spacial score (nSPS) is 16.5. The highest BCUT2D eigenvalue weighted by Crippen LogP contribution is 2.30. The van der Waals surface area contributed by atoms with E-state index < -0.39 is 11.2 Å². The molecule has 1 fully saturated rings. The molecule has 1 atom stereocenters. The number of pyridine rings is 1. The van der Waals surface area contributed by atoms with Crippen molar-refractivity contribution in [1.82, 2.24) is 19.5 Å². The van der Waals surface area contributed by atoms with Crippen LogP contribution in [-0.4, -0.2) is 36.4 Å². The Morgan fingerprint density at radius 2 is 1.97 bits per heavy atom. The van der Waals surface area contributed by atoms with Crippen LogP contribution in [0.4, 0.5) is 5.13 Å². The molecule has 150 valence electrons. The number of rotatable bonds is 5. The SMILES string of the molecule is C[S+]([O-])c1ccc2ncn(Cc3ccc4nc(NC5CCCCC5)sc4c3)c2n1. The molecule has 29 heavy (non-hydrogen) atoms. The first-order chi connectivity index (χ1) is 14.2. The average Bonchev–Trinajstić information content (AvgIpc) is 3.31. The van der Waals surface area contributed by atoms with Gasteiger partial charge in [0.15, 0.2) is 10.8 Å². The summed E-state index contributed by atoms with van der Waals surface area (Å²) in [5, 5.41) is 5.23. The third-order valence-electron chi connectivity index (χ3n) is 5.47. The molecule has 0 bridgehead atoms. The average molecular weight is 426 g/mol. The second-order valence-electron chi connectivity index (χ2n) is 7.62. The molecule has 0 spiro atoms. The fourth-order valence-corrected chi connectivity index (χ4v) is 5.43. The number of hydrogen-bond donors (Lipinski definition) is 1. The van der Waals surface area contributed by atoms with Gasteiger partial charge in [-0.3, -0.25) is 0 Å². The summed E-state index contributed by atoms with van der Waals surface area (Å²) in [6.07, 6.45) is 9.91. The van der Waals surface area contributed by atoms with Gasteiger partial charge in [-0.05, 0) is 36.6 Å². The molecule has 3 heterocycles. The lowest BCUT2D eigenvalue weighted by Crippen LogP contribution is -2.21. The summed E-state index contributed by atoms with van der Waals surface area (Å²) in [7, 11) is 0. The van der Waals surface area contributed by atoms with Crippen molar-refractivity contribution in [3.05, 3.63) is 42.2 Å². The molecule has 6 nitrogen and oxygen atoms in total. The highest BCUT2D eigenvalue weighted by molar-refractivity contribution is 7.90. The number of fused-ring (bicyclic) bond motifs is 2. The molecule has 0 aliphatic heterocycles. The number of nitrogens with zero attached hydrogens (tertiary/aromatic N) is 4. The van der Waals surface area contributed by atoms with Gasteiger partial charge in [0.05, 0.1) is 23.1 Å². The van der Waals surface area contributed by atoms with Crippen LogP contribution >= 0.6 is 11.3 Å². The number of imidazole rings is 1. The summed E-state index contributed by atoms with van der Waals surface area (Å²) >= 11 is 0.616. The van der Waals surface area contributed by atoms with Crippen LogP contribution in [0.15, 0.2) is 41.7 Å². The van der Waals surface area contributed by atoms with Crippen LogP contribution in [0.2, 0.25) is 0 Å². The van der Waals surface area contributed by atoms with Crippen molar-refractivity contribution in [2.75, 3.05) is 11.6 Å². The first kappa shape index (κ1) is 18.8. The second-order valence-corrected chi connectivity index (χ2v) is 9.98. The zero-order valence-corrected chi connectivity index (χ0v) is 17.9. The summed E-state index contributed by atoms with van der Waals surface area (Å²) in [6.45, 7) is 0.669. The van der Waals surface area contributed by atoms with E-state index in [1.165, 1.54) is 42.4 Å². The molecule has 0 radical (unpaired) electrons. The Kier molecular flexibility index (Phi) is 5.15. The van der Waals surface area contributed by atoms with E-state index in [-0.39, 0.29) is 0 Å². The van der Waals surface area contributed by atoms with Crippen LogP contribution in [0.3, 0.4) is 0 Å². The van der Waals surface area contributed by atoms with Gasteiger partial charge in [-0.2, -0.15) is 4.98 Å². The van der Waals surface area contributed by atoms with Gasteiger partial charge in [0.1, 0.15) is 11.8 Å². The third-order valence-corrected chi connectivity index (χ3v) is 7.24. The zero-order valence-electron chi connectivity index (χ0n) is 16.3. The molecule has 1 aliphatic carbocycles. The number of hydrogen-bond acceptors (Lipinski definition) is 6. The summed E-state index contributed by atoms with van der Waals surface area (Å²) in [5.41, 5.74) is 3.79. The molecule has 1 saturated carbocycles. The van der Waals surface area contributed by atoms with Crippen LogP contribution in [0.5, 0.6) is 0 Å². The van der Waals surface area contributed by atoms with Gasteiger partial charge < -0.3 is 14.4 Å². The molecule has 4 aromatic rings. The summed E-state index contributed by atoms with van der Waals surface area (Å²) < 4.78 is 15.0. The zero-order chi connectivity index (χ0) is 19.8. The number of anilines is 1. The summed E-state index contributed by atoms with van der Waals surface area (Å²) in [6, 6.07) is 10.6. The Balaban J connectivity index is 1.39. The minimum atomic E-state index is -1.11. The van der Waals surface area contributed by atoms with Crippen molar-refractivity contribution in [2.24, 2.45) is 0 Å². The predicted molar refractivity (Wildman–Crippen MR) is 119 cm³/mol. The molecular weight excluding hydrogens is 402 g/mol. The molecular formula is C21H23N5OS2. The van der Waals surface area contributed by atoms with Gasteiger partial charge in [-0.15, -0.1) is 0 Å². The molecule has 1 aliphatic rings. The number of nitrogens with one attached hydrogen (secondary N) is 1. The van der Waals surface area contributed by atoms with Crippen LogP contribution in [0.25, 0.3) is 21.4 Å². The van der Waals surface area contributed by atoms with Crippen molar-refractivity contribution < 1.29 is 4.55 Å². The minimum Gasteiger partial charge on any atom is -0.610 e. The maximum atomic E-state index is 11.8. The number of thiazole rings is 1. The molecule has 1 unspecified atom stereocenters. The van der Waals surface area contributed by atoms with Crippen molar-refractivity contribution in [1.29, 1.82) is 0 Å². The molecule has 8 heteroatoms. The van der Waals surface area contributed by atoms with Gasteiger partial charge in [0, 0.05) is 23.3 Å². The molecule has 1 N–H and O–H groups in total. The summed E-state index contributed by atoms with van der Waals surface area (Å²) in [5.74, 6) is 0. The maximum Gasteiger partial charge on any atom is 0.246 e. The Hall–Kier alpha value is -2.16. The van der Waals surface area contributed by atoms with E-state index in [4.69, 9.17) is 4.98 Å². The van der Waals surface area contributed by atoms with E-state index >= 15 is 0 Å². The van der Waals surface area contributed by atoms with E-state index in [1.54, 1.807) is 30.0 Å². The van der Waals surface area contributed by atoms with Crippen LogP contribution in [0, 0.1) is 0 Å². The number of aromatic nitrogens is 4. The van der Waals surface area contributed by atoms with Gasteiger partial charge in [-0.1, -0.05) is 36.7 Å². The molecule has 5 rings (SSSR count). The lowest BCUT2D eigenvalue weighted by atomic mass is 9.96. The van der Waals surface area contributed by atoms with Crippen molar-refractivity contribution in [2.45, 2.75) is 49.7 Å². The summed E-state index contributed by atoms with van der Waals surface area (Å²) in [4.78, 5) is 13.7. The van der Waals surface area contributed by atoms with Crippen molar-refractivity contribution in [3.8, 4) is 0 Å². The highest BCUT2D eigenvalue weighted by atomic mass is 32.2. The predicted octanol–water partition coefficient (Wildman–Crippen LogP) is 4.57. The Morgan fingerprint density at radius 1 is 1.14 bits per heavy atom. The maximum absolute atomic E-state index is 11.8. The first-order valence-electron chi connectivity index (χ1n) is 9.97. The third kappa shape index (κ3) is 3.97. The quantitative estimate of drug-likeness (QED) is 0.474. The van der Waals surface area contributed by atoms with Crippen LogP contribution in [-0.2, 0) is 17.7 Å². The largest absolute Gasteiger partial charge is 0.610 e. The highest BCUT2D eigenvalue weighted by Gasteiger charge is 2.15. The lowest BCUT2D eigenvalue weighted by Gasteiger charge is -2.22. The van der Waals surface area contributed by atoms with Gasteiger partial charge >= 0.3 is 0 Å². The Bertz CT molecular complexity index is 1150. The molecule has 0 saturated heterocycles. The van der Waals surface area contributed by atoms with Crippen molar-refractivity contribution in [3.63, 3.8) is 0 Å². The minimum absolute atomic E-state index is 0.561. The van der Waals surface area contributed by atoms with E-state index in [2.05, 4.69) is 33.5 Å². The van der Waals surface area contributed by atoms with Gasteiger partial charge in [0.25, 0.3) is 0 Å². The number of benzene rings is 1. The van der Waals surface area contributed by atoms with E-state index in [9.17, 15) is 4.55 Å². The monoisotopic (exact) mass is 425 g/mol.